The number of hydrogen-bond acceptors (Lipinski definition) is 4. The maximum atomic E-state index is 11.0. The molecule has 5 heteroatoms. The molecule has 1 aromatic heterocycles. The molecule has 1 aliphatic rings. The van der Waals surface area contributed by atoms with E-state index < -0.39 is 11.9 Å². The molecular formula is C11H15NO4. The van der Waals surface area contributed by atoms with Crippen LogP contribution in [0.4, 0.5) is 0 Å². The fourth-order valence-electron chi connectivity index (χ4n) is 2.00. The second-order valence-corrected chi connectivity index (χ2v) is 4.10. The topological polar surface area (TPSA) is 62.9 Å². The molecule has 0 aliphatic carbocycles. The SMILES string of the molecule is CN(Cc1ccoc1)C1COCC1C(=O)O. The Bertz CT molecular complexity index is 349. The van der Waals surface area contributed by atoms with Gasteiger partial charge in [0.25, 0.3) is 0 Å². The zero-order valence-corrected chi connectivity index (χ0v) is 9.13. The molecule has 2 atom stereocenters. The smallest absolute Gasteiger partial charge is 0.310 e. The van der Waals surface area contributed by atoms with Gasteiger partial charge in [0.05, 0.1) is 31.7 Å². The molecule has 2 heterocycles. The van der Waals surface area contributed by atoms with Crippen LogP contribution in [0.15, 0.2) is 23.0 Å². The molecule has 1 aromatic rings. The number of carboxylic acids is 1. The van der Waals surface area contributed by atoms with Crippen molar-refractivity contribution in [2.75, 3.05) is 20.3 Å². The number of aliphatic carboxylic acids is 1. The summed E-state index contributed by atoms with van der Waals surface area (Å²) >= 11 is 0. The van der Waals surface area contributed by atoms with E-state index in [2.05, 4.69) is 0 Å². The quantitative estimate of drug-likeness (QED) is 0.821. The lowest BCUT2D eigenvalue weighted by Crippen LogP contribution is -2.40. The highest BCUT2D eigenvalue weighted by Gasteiger charge is 2.36. The molecule has 5 nitrogen and oxygen atoms in total. The largest absolute Gasteiger partial charge is 0.481 e. The van der Waals surface area contributed by atoms with E-state index in [4.69, 9.17) is 14.3 Å². The second kappa shape index (κ2) is 4.67. The van der Waals surface area contributed by atoms with Gasteiger partial charge in [0.2, 0.25) is 0 Å². The predicted molar refractivity (Wildman–Crippen MR) is 55.9 cm³/mol. The van der Waals surface area contributed by atoms with E-state index >= 15 is 0 Å². The van der Waals surface area contributed by atoms with Crippen molar-refractivity contribution < 1.29 is 19.1 Å². The molecule has 1 saturated heterocycles. The number of rotatable bonds is 4. The fraction of sp³-hybridized carbons (Fsp3) is 0.545. The third-order valence-corrected chi connectivity index (χ3v) is 2.95. The van der Waals surface area contributed by atoms with Gasteiger partial charge in [0, 0.05) is 18.2 Å². The Hall–Kier alpha value is -1.33. The van der Waals surface area contributed by atoms with Crippen molar-refractivity contribution in [3.8, 4) is 0 Å². The van der Waals surface area contributed by atoms with E-state index in [0.29, 0.717) is 19.8 Å². The molecule has 1 fully saturated rings. The average molecular weight is 225 g/mol. The van der Waals surface area contributed by atoms with Gasteiger partial charge in [-0.25, -0.2) is 0 Å². The molecule has 0 spiro atoms. The first-order valence-corrected chi connectivity index (χ1v) is 5.20. The first kappa shape index (κ1) is 11.2. The van der Waals surface area contributed by atoms with E-state index in [0.717, 1.165) is 5.56 Å². The molecule has 2 rings (SSSR count). The van der Waals surface area contributed by atoms with Gasteiger partial charge in [-0.1, -0.05) is 0 Å². The van der Waals surface area contributed by atoms with Crippen molar-refractivity contribution in [1.82, 2.24) is 4.90 Å². The summed E-state index contributed by atoms with van der Waals surface area (Å²) in [4.78, 5) is 13.0. The van der Waals surface area contributed by atoms with Crippen LogP contribution in [0.2, 0.25) is 0 Å². The van der Waals surface area contributed by atoms with Crippen LogP contribution in [0.3, 0.4) is 0 Å². The average Bonchev–Trinajstić information content (AvgIpc) is 2.86. The molecular weight excluding hydrogens is 210 g/mol. The highest BCUT2D eigenvalue weighted by atomic mass is 16.5. The van der Waals surface area contributed by atoms with Gasteiger partial charge < -0.3 is 14.3 Å². The highest BCUT2D eigenvalue weighted by Crippen LogP contribution is 2.20. The molecule has 88 valence electrons. The van der Waals surface area contributed by atoms with E-state index in [9.17, 15) is 4.79 Å². The molecule has 0 radical (unpaired) electrons. The van der Waals surface area contributed by atoms with Gasteiger partial charge in [0.15, 0.2) is 0 Å². The summed E-state index contributed by atoms with van der Waals surface area (Å²) in [5.74, 6) is -1.22. The first-order chi connectivity index (χ1) is 7.68. The number of carboxylic acid groups (broad SMARTS) is 1. The van der Waals surface area contributed by atoms with Crippen LogP contribution in [-0.4, -0.2) is 42.3 Å². The minimum atomic E-state index is -0.790. The third-order valence-electron chi connectivity index (χ3n) is 2.95. The first-order valence-electron chi connectivity index (χ1n) is 5.20. The Morgan fingerprint density at radius 3 is 3.06 bits per heavy atom. The maximum absolute atomic E-state index is 11.0. The summed E-state index contributed by atoms with van der Waals surface area (Å²) in [7, 11) is 1.91. The van der Waals surface area contributed by atoms with Crippen molar-refractivity contribution in [1.29, 1.82) is 0 Å². The van der Waals surface area contributed by atoms with E-state index in [1.807, 2.05) is 18.0 Å². The van der Waals surface area contributed by atoms with E-state index in [-0.39, 0.29) is 6.04 Å². The van der Waals surface area contributed by atoms with Gasteiger partial charge in [-0.15, -0.1) is 0 Å². The summed E-state index contributed by atoms with van der Waals surface area (Å²) in [6, 6.07) is 1.81. The molecule has 16 heavy (non-hydrogen) atoms. The number of carbonyl (C=O) groups is 1. The monoisotopic (exact) mass is 225 g/mol. The summed E-state index contributed by atoms with van der Waals surface area (Å²) in [5, 5.41) is 9.03. The van der Waals surface area contributed by atoms with Crippen LogP contribution in [0.5, 0.6) is 0 Å². The standard InChI is InChI=1S/C11H15NO4/c1-12(4-8-2-3-15-5-8)10-7-16-6-9(10)11(13)14/h2-3,5,9-10H,4,6-7H2,1H3,(H,13,14). The van der Waals surface area contributed by atoms with Gasteiger partial charge in [-0.3, -0.25) is 9.69 Å². The molecule has 0 bridgehead atoms. The lowest BCUT2D eigenvalue weighted by atomic mass is 10.0. The zero-order valence-electron chi connectivity index (χ0n) is 9.13. The minimum absolute atomic E-state index is 0.0626. The van der Waals surface area contributed by atoms with E-state index in [1.165, 1.54) is 0 Å². The van der Waals surface area contributed by atoms with Gasteiger partial charge in [-0.05, 0) is 13.1 Å². The van der Waals surface area contributed by atoms with Crippen LogP contribution < -0.4 is 0 Å². The molecule has 1 N–H and O–H groups in total. The normalized spacial score (nSPS) is 25.1. The Labute approximate surface area is 93.6 Å². The summed E-state index contributed by atoms with van der Waals surface area (Å²) in [5.41, 5.74) is 1.04. The van der Waals surface area contributed by atoms with Crippen molar-refractivity contribution in [2.24, 2.45) is 5.92 Å². The lowest BCUT2D eigenvalue weighted by molar-refractivity contribution is -0.143. The summed E-state index contributed by atoms with van der Waals surface area (Å²) in [6.07, 6.45) is 3.28. The van der Waals surface area contributed by atoms with Gasteiger partial charge >= 0.3 is 5.97 Å². The molecule has 1 aliphatic heterocycles. The number of furan rings is 1. The van der Waals surface area contributed by atoms with Crippen LogP contribution in [0, 0.1) is 5.92 Å². The Morgan fingerprint density at radius 1 is 1.62 bits per heavy atom. The van der Waals surface area contributed by atoms with Crippen molar-refractivity contribution in [3.05, 3.63) is 24.2 Å². The van der Waals surface area contributed by atoms with Crippen molar-refractivity contribution >= 4 is 5.97 Å². The predicted octanol–water partition coefficient (Wildman–Crippen LogP) is 0.811. The Kier molecular flexibility index (Phi) is 3.26. The van der Waals surface area contributed by atoms with Crippen LogP contribution in [0.1, 0.15) is 5.56 Å². The van der Waals surface area contributed by atoms with Crippen LogP contribution in [-0.2, 0) is 16.1 Å². The number of hydrogen-bond donors (Lipinski definition) is 1. The molecule has 0 amide bonds. The molecule has 0 aromatic carbocycles. The van der Waals surface area contributed by atoms with Crippen molar-refractivity contribution in [3.63, 3.8) is 0 Å². The summed E-state index contributed by atoms with van der Waals surface area (Å²) in [6.45, 7) is 1.45. The highest BCUT2D eigenvalue weighted by molar-refractivity contribution is 5.71. The fourth-order valence-corrected chi connectivity index (χ4v) is 2.00. The number of ether oxygens (including phenoxy) is 1. The maximum Gasteiger partial charge on any atom is 0.310 e. The lowest BCUT2D eigenvalue weighted by Gasteiger charge is -2.25. The summed E-state index contributed by atoms with van der Waals surface area (Å²) < 4.78 is 10.2. The van der Waals surface area contributed by atoms with E-state index in [1.54, 1.807) is 12.5 Å². The molecule has 2 unspecified atom stereocenters. The number of likely N-dealkylation sites (N-methyl/N-ethyl adjacent to an activating group) is 1. The Morgan fingerprint density at radius 2 is 2.44 bits per heavy atom. The third kappa shape index (κ3) is 2.25. The number of nitrogens with zero attached hydrogens (tertiary/aromatic N) is 1. The van der Waals surface area contributed by atoms with Crippen LogP contribution >= 0.6 is 0 Å². The van der Waals surface area contributed by atoms with Gasteiger partial charge in [-0.2, -0.15) is 0 Å². The van der Waals surface area contributed by atoms with Gasteiger partial charge in [0.1, 0.15) is 0 Å². The minimum Gasteiger partial charge on any atom is -0.481 e. The molecule has 0 saturated carbocycles. The zero-order chi connectivity index (χ0) is 11.5. The van der Waals surface area contributed by atoms with Crippen molar-refractivity contribution in [2.45, 2.75) is 12.6 Å². The van der Waals surface area contributed by atoms with Crippen LogP contribution in [0.25, 0.3) is 0 Å². The second-order valence-electron chi connectivity index (χ2n) is 4.10. The Balaban J connectivity index is 1.98.